The smallest absolute Gasteiger partial charge is 0.422 e. The highest BCUT2D eigenvalue weighted by atomic mass is 19.4. The zero-order valence-corrected chi connectivity index (χ0v) is 15.2. The first-order chi connectivity index (χ1) is 13.7. The van der Waals surface area contributed by atoms with E-state index >= 15 is 0 Å². The van der Waals surface area contributed by atoms with Crippen LogP contribution in [0.25, 0.3) is 0 Å². The maximum absolute atomic E-state index is 13.0. The molecule has 0 atom stereocenters. The van der Waals surface area contributed by atoms with Crippen LogP contribution in [0.1, 0.15) is 20.7 Å². The molecule has 1 aliphatic heterocycles. The number of amides is 2. The fraction of sp³-hybridized carbons (Fsp3) is 0.316. The molecule has 10 heteroatoms. The Labute approximate surface area is 163 Å². The molecule has 2 aromatic rings. The molecular weight excluding hydrogens is 394 g/mol. The summed E-state index contributed by atoms with van der Waals surface area (Å²) in [5.74, 6) is -1.24. The highest BCUT2D eigenvalue weighted by Gasteiger charge is 2.29. The van der Waals surface area contributed by atoms with Crippen molar-refractivity contribution in [3.63, 3.8) is 0 Å². The Morgan fingerprint density at radius 1 is 0.897 bits per heavy atom. The average molecular weight is 411 g/mol. The molecule has 3 rings (SSSR count). The average Bonchev–Trinajstić information content (AvgIpc) is 2.72. The van der Waals surface area contributed by atoms with E-state index in [4.69, 9.17) is 0 Å². The third-order valence-corrected chi connectivity index (χ3v) is 4.31. The molecule has 0 bridgehead atoms. The minimum atomic E-state index is -4.47. The van der Waals surface area contributed by atoms with Crippen molar-refractivity contribution >= 4 is 11.8 Å². The number of carbonyl (C=O) groups excluding carboxylic acids is 2. The van der Waals surface area contributed by atoms with Crippen LogP contribution < -0.4 is 4.74 Å². The second kappa shape index (κ2) is 8.46. The largest absolute Gasteiger partial charge is 0.468 e. The maximum Gasteiger partial charge on any atom is 0.422 e. The van der Waals surface area contributed by atoms with Gasteiger partial charge in [0.15, 0.2) is 6.61 Å². The first kappa shape index (κ1) is 20.6. The summed E-state index contributed by atoms with van der Waals surface area (Å²) in [6.45, 7) is -0.266. The summed E-state index contributed by atoms with van der Waals surface area (Å²) in [5, 5.41) is 0. The van der Waals surface area contributed by atoms with Gasteiger partial charge < -0.3 is 14.5 Å². The van der Waals surface area contributed by atoms with Gasteiger partial charge in [0.2, 0.25) is 5.88 Å². The Balaban J connectivity index is 1.54. The SMILES string of the molecule is O=C(c1ccc(F)cc1)N1CCN(C(=O)c2ccc(OCC(F)(F)F)nc2)CC1. The number of hydrogen-bond donors (Lipinski definition) is 0. The zero-order valence-electron chi connectivity index (χ0n) is 15.2. The lowest BCUT2D eigenvalue weighted by atomic mass is 10.1. The highest BCUT2D eigenvalue weighted by Crippen LogP contribution is 2.18. The molecule has 29 heavy (non-hydrogen) atoms. The van der Waals surface area contributed by atoms with E-state index in [9.17, 15) is 27.2 Å². The molecule has 0 aliphatic carbocycles. The summed E-state index contributed by atoms with van der Waals surface area (Å²) >= 11 is 0. The molecule has 2 heterocycles. The van der Waals surface area contributed by atoms with E-state index < -0.39 is 18.6 Å². The standard InChI is InChI=1S/C19H17F4N3O3/c20-15-4-1-13(2-5-15)17(27)25-7-9-26(10-8-25)18(28)14-3-6-16(24-11-14)29-12-19(21,22)23/h1-6,11H,7-10,12H2. The van der Waals surface area contributed by atoms with Gasteiger partial charge in [-0.15, -0.1) is 0 Å². The lowest BCUT2D eigenvalue weighted by molar-refractivity contribution is -0.154. The lowest BCUT2D eigenvalue weighted by Gasteiger charge is -2.34. The van der Waals surface area contributed by atoms with Gasteiger partial charge in [-0.3, -0.25) is 9.59 Å². The molecular formula is C19H17F4N3O3. The minimum absolute atomic E-state index is 0.211. The molecule has 0 saturated carbocycles. The lowest BCUT2D eigenvalue weighted by Crippen LogP contribution is -2.50. The van der Waals surface area contributed by atoms with Crippen LogP contribution in [0, 0.1) is 5.82 Å². The number of pyridine rings is 1. The number of carbonyl (C=O) groups is 2. The molecule has 154 valence electrons. The van der Waals surface area contributed by atoms with Gasteiger partial charge in [0.05, 0.1) is 5.56 Å². The van der Waals surface area contributed by atoms with Crippen LogP contribution in [0.3, 0.4) is 0 Å². The molecule has 1 aromatic carbocycles. The summed E-state index contributed by atoms with van der Waals surface area (Å²) in [5.41, 5.74) is 0.576. The van der Waals surface area contributed by atoms with Crippen LogP contribution in [0.2, 0.25) is 0 Å². The molecule has 6 nitrogen and oxygen atoms in total. The second-order valence-corrected chi connectivity index (χ2v) is 6.38. The third kappa shape index (κ3) is 5.43. The van der Waals surface area contributed by atoms with Gasteiger partial charge in [0, 0.05) is 44.0 Å². The first-order valence-corrected chi connectivity index (χ1v) is 8.73. The number of hydrogen-bond acceptors (Lipinski definition) is 4. The molecule has 1 aliphatic rings. The monoisotopic (exact) mass is 411 g/mol. The third-order valence-electron chi connectivity index (χ3n) is 4.31. The van der Waals surface area contributed by atoms with Gasteiger partial charge in [-0.25, -0.2) is 9.37 Å². The molecule has 1 saturated heterocycles. The van der Waals surface area contributed by atoms with Gasteiger partial charge in [-0.05, 0) is 30.3 Å². The summed E-state index contributed by atoms with van der Waals surface area (Å²) in [6, 6.07) is 7.78. The van der Waals surface area contributed by atoms with Crippen molar-refractivity contribution in [1.82, 2.24) is 14.8 Å². The van der Waals surface area contributed by atoms with E-state index in [1.54, 1.807) is 4.90 Å². The number of rotatable bonds is 4. The number of piperazine rings is 1. The number of benzene rings is 1. The summed E-state index contributed by atoms with van der Waals surface area (Å²) < 4.78 is 53.9. The Bertz CT molecular complexity index is 862. The Morgan fingerprint density at radius 2 is 1.41 bits per heavy atom. The topological polar surface area (TPSA) is 62.7 Å². The Hall–Kier alpha value is -3.17. The van der Waals surface area contributed by atoms with Crippen LogP contribution in [-0.4, -0.2) is 65.6 Å². The Kier molecular flexibility index (Phi) is 6.00. The molecule has 0 radical (unpaired) electrons. The quantitative estimate of drug-likeness (QED) is 0.726. The van der Waals surface area contributed by atoms with Crippen molar-refractivity contribution in [2.45, 2.75) is 6.18 Å². The molecule has 1 aromatic heterocycles. The zero-order chi connectivity index (χ0) is 21.0. The number of ether oxygens (including phenoxy) is 1. The van der Waals surface area contributed by atoms with Crippen LogP contribution >= 0.6 is 0 Å². The fourth-order valence-corrected chi connectivity index (χ4v) is 2.82. The predicted molar refractivity (Wildman–Crippen MR) is 94.0 cm³/mol. The van der Waals surface area contributed by atoms with Gasteiger partial charge in [0.25, 0.3) is 11.8 Å². The molecule has 0 N–H and O–H groups in total. The molecule has 0 unspecified atom stereocenters. The molecule has 1 fully saturated rings. The van der Waals surface area contributed by atoms with Crippen molar-refractivity contribution in [3.05, 3.63) is 59.5 Å². The fourth-order valence-electron chi connectivity index (χ4n) is 2.82. The normalized spacial score (nSPS) is 14.6. The van der Waals surface area contributed by atoms with Crippen LogP contribution in [0.15, 0.2) is 42.6 Å². The predicted octanol–water partition coefficient (Wildman–Crippen LogP) is 2.76. The van der Waals surface area contributed by atoms with E-state index in [0.29, 0.717) is 18.7 Å². The van der Waals surface area contributed by atoms with E-state index in [0.717, 1.165) is 6.20 Å². The van der Waals surface area contributed by atoms with Gasteiger partial charge in [0.1, 0.15) is 5.82 Å². The molecule has 2 amide bonds. The van der Waals surface area contributed by atoms with Gasteiger partial charge in [-0.2, -0.15) is 13.2 Å². The maximum atomic E-state index is 13.0. The number of halogens is 4. The summed E-state index contributed by atoms with van der Waals surface area (Å²) in [4.78, 5) is 31.8. The molecule has 0 spiro atoms. The minimum Gasteiger partial charge on any atom is -0.468 e. The highest BCUT2D eigenvalue weighted by molar-refractivity contribution is 5.95. The van der Waals surface area contributed by atoms with E-state index in [1.165, 1.54) is 41.3 Å². The number of alkyl halides is 3. The number of nitrogens with zero attached hydrogens (tertiary/aromatic N) is 3. The Morgan fingerprint density at radius 3 is 1.90 bits per heavy atom. The van der Waals surface area contributed by atoms with E-state index in [1.807, 2.05) is 0 Å². The van der Waals surface area contributed by atoms with Crippen LogP contribution in [0.5, 0.6) is 5.88 Å². The van der Waals surface area contributed by atoms with Crippen molar-refractivity contribution in [2.24, 2.45) is 0 Å². The first-order valence-electron chi connectivity index (χ1n) is 8.73. The van der Waals surface area contributed by atoms with E-state index in [2.05, 4.69) is 9.72 Å². The van der Waals surface area contributed by atoms with Gasteiger partial charge >= 0.3 is 6.18 Å². The second-order valence-electron chi connectivity index (χ2n) is 6.38. The summed E-state index contributed by atoms with van der Waals surface area (Å²) in [6.07, 6.45) is -3.31. The van der Waals surface area contributed by atoms with E-state index in [-0.39, 0.29) is 36.3 Å². The van der Waals surface area contributed by atoms with Crippen molar-refractivity contribution in [2.75, 3.05) is 32.8 Å². The van der Waals surface area contributed by atoms with Crippen molar-refractivity contribution in [3.8, 4) is 5.88 Å². The van der Waals surface area contributed by atoms with Crippen LogP contribution in [-0.2, 0) is 0 Å². The van der Waals surface area contributed by atoms with Crippen molar-refractivity contribution in [1.29, 1.82) is 0 Å². The van der Waals surface area contributed by atoms with Gasteiger partial charge in [-0.1, -0.05) is 0 Å². The van der Waals surface area contributed by atoms with Crippen LogP contribution in [0.4, 0.5) is 17.6 Å². The number of aromatic nitrogens is 1. The summed E-state index contributed by atoms with van der Waals surface area (Å²) in [7, 11) is 0. The van der Waals surface area contributed by atoms with Crippen molar-refractivity contribution < 1.29 is 31.9 Å².